The fraction of sp³-hybridized carbons (Fsp3) is 0.444. The van der Waals surface area contributed by atoms with E-state index in [9.17, 15) is 9.59 Å². The molecule has 1 saturated heterocycles. The molecule has 0 bridgehead atoms. The van der Waals surface area contributed by atoms with E-state index in [4.69, 9.17) is 6.42 Å². The summed E-state index contributed by atoms with van der Waals surface area (Å²) in [5.74, 6) is 1.20. The zero-order chi connectivity index (χ0) is 10.8. The molecule has 1 aliphatic rings. The van der Waals surface area contributed by atoms with E-state index in [2.05, 4.69) is 21.5 Å². The van der Waals surface area contributed by atoms with Crippen molar-refractivity contribution in [2.75, 3.05) is 0 Å². The highest BCUT2D eigenvalue weighted by Crippen LogP contribution is 2.13. The SMILES string of the molecule is C#CC(C)(CC)N=C1NC(=O)C(=O)N1. The van der Waals surface area contributed by atoms with Crippen molar-refractivity contribution in [1.82, 2.24) is 10.6 Å². The molecule has 1 aliphatic heterocycles. The van der Waals surface area contributed by atoms with Crippen molar-refractivity contribution >= 4 is 17.8 Å². The van der Waals surface area contributed by atoms with Gasteiger partial charge in [-0.3, -0.25) is 20.2 Å². The smallest absolute Gasteiger partial charge is 0.288 e. The number of guanidine groups is 1. The van der Waals surface area contributed by atoms with Gasteiger partial charge in [0.25, 0.3) is 0 Å². The Labute approximate surface area is 82.0 Å². The Morgan fingerprint density at radius 3 is 2.29 bits per heavy atom. The quantitative estimate of drug-likeness (QED) is 0.453. The highest BCUT2D eigenvalue weighted by molar-refractivity contribution is 6.45. The number of carbonyl (C=O) groups excluding carboxylic acids is 2. The van der Waals surface area contributed by atoms with Crippen LogP contribution in [0, 0.1) is 12.3 Å². The van der Waals surface area contributed by atoms with Gasteiger partial charge >= 0.3 is 11.8 Å². The van der Waals surface area contributed by atoms with Crippen molar-refractivity contribution in [1.29, 1.82) is 0 Å². The first-order valence-corrected chi connectivity index (χ1v) is 4.20. The van der Waals surface area contributed by atoms with E-state index in [1.807, 2.05) is 6.92 Å². The maximum atomic E-state index is 10.8. The number of rotatable bonds is 2. The van der Waals surface area contributed by atoms with Crippen LogP contribution in [0.2, 0.25) is 0 Å². The van der Waals surface area contributed by atoms with Crippen molar-refractivity contribution < 1.29 is 9.59 Å². The lowest BCUT2D eigenvalue weighted by atomic mass is 10.0. The Kier molecular flexibility index (Phi) is 2.56. The molecule has 0 aliphatic carbocycles. The van der Waals surface area contributed by atoms with Crippen LogP contribution in [0.4, 0.5) is 0 Å². The van der Waals surface area contributed by atoms with Crippen molar-refractivity contribution in [3.63, 3.8) is 0 Å². The molecule has 1 atom stereocenters. The standard InChI is InChI=1S/C9H11N3O2/c1-4-9(3,5-2)12-8-10-6(13)7(14)11-8/h1H,5H2,2-3H3,(H2,10,11,12,13,14). The minimum atomic E-state index is -0.709. The number of nitrogens with one attached hydrogen (secondary N) is 2. The molecule has 1 unspecified atom stereocenters. The Morgan fingerprint density at radius 2 is 1.93 bits per heavy atom. The number of amides is 2. The molecular formula is C9H11N3O2. The third-order valence-electron chi connectivity index (χ3n) is 2.03. The molecule has 0 aromatic heterocycles. The van der Waals surface area contributed by atoms with Crippen LogP contribution in [0.1, 0.15) is 20.3 Å². The first kappa shape index (κ1) is 10.3. The molecule has 1 rings (SSSR count). The molecule has 5 heteroatoms. The van der Waals surface area contributed by atoms with E-state index >= 15 is 0 Å². The Morgan fingerprint density at radius 1 is 1.43 bits per heavy atom. The fourth-order valence-corrected chi connectivity index (χ4v) is 0.876. The van der Waals surface area contributed by atoms with E-state index in [0.29, 0.717) is 6.42 Å². The lowest BCUT2D eigenvalue weighted by molar-refractivity contribution is -0.135. The van der Waals surface area contributed by atoms with E-state index in [0.717, 1.165) is 0 Å². The van der Waals surface area contributed by atoms with Gasteiger partial charge < -0.3 is 0 Å². The van der Waals surface area contributed by atoms with Crippen LogP contribution in [-0.2, 0) is 9.59 Å². The second kappa shape index (κ2) is 3.50. The van der Waals surface area contributed by atoms with E-state index in [-0.39, 0.29) is 5.96 Å². The van der Waals surface area contributed by atoms with Crippen molar-refractivity contribution in [3.8, 4) is 12.3 Å². The van der Waals surface area contributed by atoms with E-state index < -0.39 is 17.4 Å². The maximum absolute atomic E-state index is 10.8. The molecule has 0 aromatic rings. The molecule has 0 aromatic carbocycles. The lowest BCUT2D eigenvalue weighted by Crippen LogP contribution is -2.31. The average Bonchev–Trinajstić information content (AvgIpc) is 2.45. The highest BCUT2D eigenvalue weighted by atomic mass is 16.2. The Balaban J connectivity index is 2.86. The van der Waals surface area contributed by atoms with E-state index in [1.165, 1.54) is 0 Å². The number of nitrogens with zero attached hydrogens (tertiary/aromatic N) is 1. The summed E-state index contributed by atoms with van der Waals surface area (Å²) in [6.45, 7) is 3.62. The van der Waals surface area contributed by atoms with Gasteiger partial charge in [0.2, 0.25) is 5.96 Å². The van der Waals surface area contributed by atoms with Gasteiger partial charge in [-0.25, -0.2) is 4.99 Å². The molecule has 1 fully saturated rings. The summed E-state index contributed by atoms with van der Waals surface area (Å²) < 4.78 is 0. The second-order valence-electron chi connectivity index (χ2n) is 3.14. The maximum Gasteiger partial charge on any atom is 0.316 e. The molecule has 2 amide bonds. The zero-order valence-electron chi connectivity index (χ0n) is 8.05. The molecule has 1 heterocycles. The third kappa shape index (κ3) is 1.91. The van der Waals surface area contributed by atoms with Crippen LogP contribution < -0.4 is 10.6 Å². The van der Waals surface area contributed by atoms with Gasteiger partial charge in [0.15, 0.2) is 0 Å². The average molecular weight is 193 g/mol. The van der Waals surface area contributed by atoms with Gasteiger partial charge in [0.05, 0.1) is 0 Å². The molecule has 5 nitrogen and oxygen atoms in total. The first-order chi connectivity index (χ1) is 6.50. The molecule has 74 valence electrons. The molecule has 2 N–H and O–H groups in total. The van der Waals surface area contributed by atoms with Crippen LogP contribution >= 0.6 is 0 Å². The van der Waals surface area contributed by atoms with Crippen LogP contribution in [0.15, 0.2) is 4.99 Å². The predicted molar refractivity (Wildman–Crippen MR) is 51.2 cm³/mol. The summed E-state index contributed by atoms with van der Waals surface area (Å²) in [5.41, 5.74) is -0.694. The van der Waals surface area contributed by atoms with Gasteiger partial charge in [-0.1, -0.05) is 12.8 Å². The van der Waals surface area contributed by atoms with Gasteiger partial charge in [0, 0.05) is 0 Å². The molecular weight excluding hydrogens is 182 g/mol. The summed E-state index contributed by atoms with van der Waals surface area (Å²) in [4.78, 5) is 25.6. The van der Waals surface area contributed by atoms with Crippen LogP contribution in [0.25, 0.3) is 0 Å². The second-order valence-corrected chi connectivity index (χ2v) is 3.14. The van der Waals surface area contributed by atoms with Crippen LogP contribution in [0.5, 0.6) is 0 Å². The third-order valence-corrected chi connectivity index (χ3v) is 2.03. The first-order valence-electron chi connectivity index (χ1n) is 4.20. The highest BCUT2D eigenvalue weighted by Gasteiger charge is 2.28. The monoisotopic (exact) mass is 193 g/mol. The minimum Gasteiger partial charge on any atom is -0.288 e. The molecule has 0 radical (unpaired) electrons. The summed E-state index contributed by atoms with van der Waals surface area (Å²) in [5, 5.41) is 4.57. The van der Waals surface area contributed by atoms with Crippen molar-refractivity contribution in [2.24, 2.45) is 4.99 Å². The normalized spacial score (nSPS) is 19.4. The number of terminal acetylenes is 1. The Bertz CT molecular complexity index is 336. The molecule has 0 spiro atoms. The van der Waals surface area contributed by atoms with Crippen LogP contribution in [0.3, 0.4) is 0 Å². The summed E-state index contributed by atoms with van der Waals surface area (Å²) >= 11 is 0. The van der Waals surface area contributed by atoms with Gasteiger partial charge in [-0.15, -0.1) is 6.42 Å². The Hall–Kier alpha value is -1.83. The number of hydrogen-bond donors (Lipinski definition) is 2. The van der Waals surface area contributed by atoms with Crippen LogP contribution in [-0.4, -0.2) is 23.3 Å². The van der Waals surface area contributed by atoms with Crippen molar-refractivity contribution in [2.45, 2.75) is 25.8 Å². The van der Waals surface area contributed by atoms with Crippen molar-refractivity contribution in [3.05, 3.63) is 0 Å². The summed E-state index contributed by atoms with van der Waals surface area (Å²) in [7, 11) is 0. The number of hydrogen-bond acceptors (Lipinski definition) is 3. The summed E-state index contributed by atoms with van der Waals surface area (Å²) in [6, 6.07) is 0. The topological polar surface area (TPSA) is 70.6 Å². The summed E-state index contributed by atoms with van der Waals surface area (Å²) in [6.07, 6.45) is 5.91. The number of aliphatic imine (C=N–C) groups is 1. The van der Waals surface area contributed by atoms with Gasteiger partial charge in [-0.05, 0) is 13.3 Å². The van der Waals surface area contributed by atoms with E-state index in [1.54, 1.807) is 6.92 Å². The van der Waals surface area contributed by atoms with Gasteiger partial charge in [0.1, 0.15) is 5.54 Å². The molecule has 0 saturated carbocycles. The molecule has 14 heavy (non-hydrogen) atoms. The zero-order valence-corrected chi connectivity index (χ0v) is 8.05. The minimum absolute atomic E-state index is 0.127. The largest absolute Gasteiger partial charge is 0.316 e. The van der Waals surface area contributed by atoms with Gasteiger partial charge in [-0.2, -0.15) is 0 Å². The lowest BCUT2D eigenvalue weighted by Gasteiger charge is -2.16. The number of carbonyl (C=O) groups is 2. The predicted octanol–water partition coefficient (Wildman–Crippen LogP) is -0.610. The fourth-order valence-electron chi connectivity index (χ4n) is 0.876.